The Morgan fingerprint density at radius 3 is 2.00 bits per heavy atom. The molecule has 0 aliphatic rings. The fourth-order valence-corrected chi connectivity index (χ4v) is 1.11. The molecule has 8 heteroatoms. The van der Waals surface area contributed by atoms with E-state index in [1.807, 2.05) is 0 Å². The van der Waals surface area contributed by atoms with Gasteiger partial charge in [-0.05, 0) is 12.1 Å². The van der Waals surface area contributed by atoms with Gasteiger partial charge >= 0.3 is 11.9 Å². The zero-order chi connectivity index (χ0) is 12.3. The first-order chi connectivity index (χ1) is 7.52. The Morgan fingerprint density at radius 1 is 1.00 bits per heavy atom. The van der Waals surface area contributed by atoms with Gasteiger partial charge in [-0.1, -0.05) is 0 Å². The summed E-state index contributed by atoms with van der Waals surface area (Å²) in [6.07, 6.45) is 0. The van der Waals surface area contributed by atoms with Crippen LogP contribution in [0.25, 0.3) is 0 Å². The minimum absolute atomic E-state index is 0.554. The summed E-state index contributed by atoms with van der Waals surface area (Å²) in [7, 11) is 0. The van der Waals surface area contributed by atoms with Crippen LogP contribution in [0.4, 0.5) is 0 Å². The fraction of sp³-hybridized carbons (Fsp3) is 0. The van der Waals surface area contributed by atoms with Gasteiger partial charge in [-0.15, -0.1) is 0 Å². The van der Waals surface area contributed by atoms with Crippen LogP contribution in [0.5, 0.6) is 11.5 Å². The minimum atomic E-state index is -1.63. The molecule has 0 spiro atoms. The highest BCUT2D eigenvalue weighted by Crippen LogP contribution is 2.32. The molecule has 1 aromatic rings. The maximum atomic E-state index is 10.8. The lowest BCUT2D eigenvalue weighted by atomic mass is 10.1. The lowest BCUT2D eigenvalue weighted by Gasteiger charge is -2.08. The van der Waals surface area contributed by atoms with E-state index < -0.39 is 34.6 Å². The zero-order valence-corrected chi connectivity index (χ0v) is 7.58. The normalized spacial score (nSPS) is 9.62. The van der Waals surface area contributed by atoms with Crippen LogP contribution in [0, 0.1) is 0 Å². The van der Waals surface area contributed by atoms with Gasteiger partial charge in [0.05, 0.1) is 0 Å². The largest absolute Gasteiger partial charge is 0.478 e. The van der Waals surface area contributed by atoms with E-state index >= 15 is 0 Å². The van der Waals surface area contributed by atoms with Crippen LogP contribution in [-0.4, -0.2) is 32.7 Å². The highest BCUT2D eigenvalue weighted by molar-refractivity contribution is 6.00. The molecule has 0 atom stereocenters. The average molecular weight is 230 g/mol. The standard InChI is InChI=1S/C8H6O8/c9-7(10)3-1-2-4(15-13)5(8(11)12)6(3)16-14/h1-2,13-14H,(H,9,10)(H,11,12). The summed E-state index contributed by atoms with van der Waals surface area (Å²) in [4.78, 5) is 28.8. The Balaban J connectivity index is 3.56. The molecule has 0 heterocycles. The molecule has 0 aliphatic carbocycles. The Bertz CT molecular complexity index is 438. The van der Waals surface area contributed by atoms with Crippen LogP contribution in [0.15, 0.2) is 12.1 Å². The SMILES string of the molecule is O=C(O)c1ccc(OO)c(C(=O)O)c1OO. The first-order valence-corrected chi connectivity index (χ1v) is 3.79. The van der Waals surface area contributed by atoms with E-state index in [9.17, 15) is 9.59 Å². The van der Waals surface area contributed by atoms with Crippen LogP contribution >= 0.6 is 0 Å². The maximum Gasteiger partial charge on any atom is 0.343 e. The van der Waals surface area contributed by atoms with Crippen molar-refractivity contribution >= 4 is 11.9 Å². The molecule has 0 bridgehead atoms. The number of carboxylic acid groups (broad SMARTS) is 2. The molecule has 0 unspecified atom stereocenters. The average Bonchev–Trinajstić information content (AvgIpc) is 2.26. The molecule has 1 aromatic carbocycles. The molecule has 0 aromatic heterocycles. The summed E-state index contributed by atoms with van der Waals surface area (Å²) >= 11 is 0. The van der Waals surface area contributed by atoms with E-state index in [1.165, 1.54) is 0 Å². The monoisotopic (exact) mass is 230 g/mol. The van der Waals surface area contributed by atoms with E-state index in [0.29, 0.717) is 0 Å². The highest BCUT2D eigenvalue weighted by atomic mass is 17.1. The Morgan fingerprint density at radius 2 is 1.62 bits per heavy atom. The van der Waals surface area contributed by atoms with Gasteiger partial charge in [0.2, 0.25) is 0 Å². The van der Waals surface area contributed by atoms with Gasteiger partial charge in [0.25, 0.3) is 0 Å². The van der Waals surface area contributed by atoms with Gasteiger partial charge in [-0.2, -0.15) is 0 Å². The Hall–Kier alpha value is -2.32. The maximum absolute atomic E-state index is 10.8. The van der Waals surface area contributed by atoms with E-state index in [0.717, 1.165) is 12.1 Å². The van der Waals surface area contributed by atoms with Crippen molar-refractivity contribution < 1.29 is 40.1 Å². The number of hydrogen-bond donors (Lipinski definition) is 4. The van der Waals surface area contributed by atoms with E-state index in [4.69, 9.17) is 20.7 Å². The quantitative estimate of drug-likeness (QED) is 0.440. The summed E-state index contributed by atoms with van der Waals surface area (Å²) in [5, 5.41) is 34.2. The Kier molecular flexibility index (Phi) is 3.28. The molecule has 0 saturated carbocycles. The molecular weight excluding hydrogens is 224 g/mol. The summed E-state index contributed by atoms with van der Waals surface area (Å²) in [6, 6.07) is 1.82. The molecule has 1 rings (SSSR count). The third-order valence-electron chi connectivity index (χ3n) is 1.75. The first-order valence-electron chi connectivity index (χ1n) is 3.79. The van der Waals surface area contributed by atoms with Gasteiger partial charge in [-0.3, -0.25) is 0 Å². The van der Waals surface area contributed by atoms with Crippen molar-refractivity contribution in [2.75, 3.05) is 0 Å². The van der Waals surface area contributed by atoms with Crippen molar-refractivity contribution in [3.05, 3.63) is 23.3 Å². The van der Waals surface area contributed by atoms with Crippen LogP contribution in [-0.2, 0) is 0 Å². The molecule has 0 fully saturated rings. The summed E-state index contributed by atoms with van der Waals surface area (Å²) < 4.78 is 0. The lowest BCUT2D eigenvalue weighted by molar-refractivity contribution is -0.146. The van der Waals surface area contributed by atoms with E-state index in [1.54, 1.807) is 0 Å². The van der Waals surface area contributed by atoms with Crippen LogP contribution in [0.3, 0.4) is 0 Å². The van der Waals surface area contributed by atoms with Crippen LogP contribution in [0.1, 0.15) is 20.7 Å². The molecule has 86 valence electrons. The molecule has 0 amide bonds. The molecular formula is C8H6O8. The van der Waals surface area contributed by atoms with Gasteiger partial charge in [0.15, 0.2) is 17.1 Å². The highest BCUT2D eigenvalue weighted by Gasteiger charge is 2.25. The molecule has 0 aliphatic heterocycles. The first kappa shape index (κ1) is 11.8. The van der Waals surface area contributed by atoms with Crippen molar-refractivity contribution in [1.29, 1.82) is 0 Å². The van der Waals surface area contributed by atoms with Gasteiger partial charge in [0, 0.05) is 0 Å². The third kappa shape index (κ3) is 1.87. The van der Waals surface area contributed by atoms with Gasteiger partial charge < -0.3 is 20.0 Å². The number of hydrogen-bond acceptors (Lipinski definition) is 6. The van der Waals surface area contributed by atoms with Crippen LogP contribution < -0.4 is 9.78 Å². The number of aromatic carboxylic acids is 2. The predicted molar refractivity (Wildman–Crippen MR) is 46.9 cm³/mol. The molecule has 4 N–H and O–H groups in total. The van der Waals surface area contributed by atoms with Crippen molar-refractivity contribution in [3.63, 3.8) is 0 Å². The topological polar surface area (TPSA) is 134 Å². The third-order valence-corrected chi connectivity index (χ3v) is 1.75. The summed E-state index contributed by atoms with van der Waals surface area (Å²) in [5.74, 6) is -4.51. The van der Waals surface area contributed by atoms with Crippen molar-refractivity contribution in [2.45, 2.75) is 0 Å². The zero-order valence-electron chi connectivity index (χ0n) is 7.58. The second kappa shape index (κ2) is 4.47. The van der Waals surface area contributed by atoms with Gasteiger partial charge in [0.1, 0.15) is 5.56 Å². The number of rotatable bonds is 4. The van der Waals surface area contributed by atoms with Crippen LogP contribution in [0.2, 0.25) is 0 Å². The van der Waals surface area contributed by atoms with Gasteiger partial charge in [-0.25, -0.2) is 20.1 Å². The lowest BCUT2D eigenvalue weighted by Crippen LogP contribution is -2.09. The Labute approximate surface area is 87.7 Å². The minimum Gasteiger partial charge on any atom is -0.478 e. The predicted octanol–water partition coefficient (Wildman–Crippen LogP) is 0.787. The molecule has 0 radical (unpaired) electrons. The second-order valence-electron chi connectivity index (χ2n) is 2.61. The number of carbonyl (C=O) groups is 2. The molecule has 0 saturated heterocycles. The summed E-state index contributed by atoms with van der Waals surface area (Å²) in [6.45, 7) is 0. The van der Waals surface area contributed by atoms with E-state index in [2.05, 4.69) is 9.78 Å². The second-order valence-corrected chi connectivity index (χ2v) is 2.61. The van der Waals surface area contributed by atoms with Crippen molar-refractivity contribution in [2.24, 2.45) is 0 Å². The smallest absolute Gasteiger partial charge is 0.343 e. The number of benzene rings is 1. The molecule has 16 heavy (non-hydrogen) atoms. The summed E-state index contributed by atoms with van der Waals surface area (Å²) in [5.41, 5.74) is -1.38. The molecule has 8 nitrogen and oxygen atoms in total. The van der Waals surface area contributed by atoms with Crippen molar-refractivity contribution in [3.8, 4) is 11.5 Å². The van der Waals surface area contributed by atoms with Crippen molar-refractivity contribution in [1.82, 2.24) is 0 Å². The number of carboxylic acids is 2. The fourth-order valence-electron chi connectivity index (χ4n) is 1.11. The van der Waals surface area contributed by atoms with E-state index in [-0.39, 0.29) is 0 Å².